The van der Waals surface area contributed by atoms with Crippen LogP contribution in [0.1, 0.15) is 6.92 Å². The van der Waals surface area contributed by atoms with Crippen LogP contribution in [0.15, 0.2) is 18.2 Å². The van der Waals surface area contributed by atoms with Gasteiger partial charge in [0.05, 0.1) is 11.5 Å². The molecule has 1 amide bonds. The predicted molar refractivity (Wildman–Crippen MR) is 69.8 cm³/mol. The molecule has 0 bridgehead atoms. The third-order valence-electron chi connectivity index (χ3n) is 2.30. The first kappa shape index (κ1) is 13.8. The first-order chi connectivity index (χ1) is 8.60. The molecule has 18 heavy (non-hydrogen) atoms. The van der Waals surface area contributed by atoms with Crippen LogP contribution >= 0.6 is 0 Å². The van der Waals surface area contributed by atoms with Crippen molar-refractivity contribution in [2.45, 2.75) is 6.92 Å². The first-order valence-electron chi connectivity index (χ1n) is 5.55. The van der Waals surface area contributed by atoms with Gasteiger partial charge in [0.25, 0.3) is 0 Å². The smallest absolute Gasteiger partial charge is 0.315 e. The number of hydrogen-bond donors (Lipinski definition) is 3. The van der Waals surface area contributed by atoms with Gasteiger partial charge in [0.1, 0.15) is 11.4 Å². The zero-order valence-electron chi connectivity index (χ0n) is 10.3. The minimum Gasteiger partial charge on any atom is -0.382 e. The van der Waals surface area contributed by atoms with Crippen LogP contribution < -0.4 is 16.0 Å². The molecule has 0 spiro atoms. The Bertz CT molecular complexity index is 448. The monoisotopic (exact) mass is 252 g/mol. The Morgan fingerprint density at radius 2 is 2.06 bits per heavy atom. The van der Waals surface area contributed by atoms with Gasteiger partial charge < -0.3 is 16.0 Å². The van der Waals surface area contributed by atoms with Gasteiger partial charge in [-0.1, -0.05) is 6.07 Å². The Labute approximate surface area is 105 Å². The van der Waals surface area contributed by atoms with Crippen molar-refractivity contribution < 1.29 is 9.72 Å². The number of para-hydroxylation sites is 1. The number of nitrogens with one attached hydrogen (secondary N) is 3. The summed E-state index contributed by atoms with van der Waals surface area (Å²) in [4.78, 5) is 21.8. The Hall–Kier alpha value is -2.31. The molecule has 7 nitrogen and oxygen atoms in total. The van der Waals surface area contributed by atoms with E-state index in [0.717, 1.165) is 0 Å². The van der Waals surface area contributed by atoms with Crippen molar-refractivity contribution in [3.8, 4) is 0 Å². The largest absolute Gasteiger partial charge is 0.382 e. The highest BCUT2D eigenvalue weighted by molar-refractivity contribution is 5.83. The van der Waals surface area contributed by atoms with Crippen molar-refractivity contribution in [1.82, 2.24) is 5.32 Å². The van der Waals surface area contributed by atoms with Crippen molar-refractivity contribution in [2.24, 2.45) is 0 Å². The van der Waals surface area contributed by atoms with Crippen LogP contribution in [0.5, 0.6) is 0 Å². The number of carbonyl (C=O) groups is 1. The summed E-state index contributed by atoms with van der Waals surface area (Å²) >= 11 is 0. The fourth-order valence-corrected chi connectivity index (χ4v) is 1.52. The second-order valence-electron chi connectivity index (χ2n) is 3.52. The molecule has 0 saturated heterocycles. The maximum Gasteiger partial charge on any atom is 0.315 e. The van der Waals surface area contributed by atoms with Gasteiger partial charge in [-0.25, -0.2) is 0 Å². The van der Waals surface area contributed by atoms with E-state index in [2.05, 4.69) is 16.0 Å². The van der Waals surface area contributed by atoms with Crippen LogP contribution in [-0.2, 0) is 4.79 Å². The Balaban J connectivity index is 2.88. The van der Waals surface area contributed by atoms with E-state index in [4.69, 9.17) is 0 Å². The lowest BCUT2D eigenvalue weighted by Crippen LogP contribution is -2.29. The van der Waals surface area contributed by atoms with E-state index >= 15 is 0 Å². The van der Waals surface area contributed by atoms with Crippen molar-refractivity contribution in [3.05, 3.63) is 28.3 Å². The molecule has 0 aromatic heterocycles. The normalized spacial score (nSPS) is 9.67. The summed E-state index contributed by atoms with van der Waals surface area (Å²) in [5.74, 6) is -0.207. The lowest BCUT2D eigenvalue weighted by atomic mass is 10.2. The molecule has 0 unspecified atom stereocenters. The van der Waals surface area contributed by atoms with Crippen LogP contribution in [-0.4, -0.2) is 31.0 Å². The Morgan fingerprint density at radius 3 is 2.61 bits per heavy atom. The Morgan fingerprint density at radius 1 is 1.39 bits per heavy atom. The maximum absolute atomic E-state index is 11.3. The van der Waals surface area contributed by atoms with Gasteiger partial charge in [0.2, 0.25) is 5.91 Å². The standard InChI is InChI=1S/C11H16N4O3/c1-3-13-10(16)7-14-9-6-4-5-8(12-2)11(9)15(17)18/h4-6,12,14H,3,7H2,1-2H3,(H,13,16). The van der Waals surface area contributed by atoms with Gasteiger partial charge in [-0.15, -0.1) is 0 Å². The zero-order chi connectivity index (χ0) is 13.5. The second-order valence-corrected chi connectivity index (χ2v) is 3.52. The number of likely N-dealkylation sites (N-methyl/N-ethyl adjacent to an activating group) is 1. The number of nitrogens with zero attached hydrogens (tertiary/aromatic N) is 1. The summed E-state index contributed by atoms with van der Waals surface area (Å²) < 4.78 is 0. The molecule has 0 heterocycles. The molecule has 1 aromatic rings. The van der Waals surface area contributed by atoms with Gasteiger partial charge in [0, 0.05) is 13.6 Å². The molecule has 0 atom stereocenters. The highest BCUT2D eigenvalue weighted by Gasteiger charge is 2.18. The zero-order valence-corrected chi connectivity index (χ0v) is 10.3. The average Bonchev–Trinajstić information content (AvgIpc) is 2.35. The maximum atomic E-state index is 11.3. The minimum absolute atomic E-state index is 0.00183. The van der Waals surface area contributed by atoms with Crippen LogP contribution in [0.2, 0.25) is 0 Å². The molecule has 0 aliphatic carbocycles. The summed E-state index contributed by atoms with van der Waals surface area (Å²) in [6.45, 7) is 2.34. The fourth-order valence-electron chi connectivity index (χ4n) is 1.52. The first-order valence-corrected chi connectivity index (χ1v) is 5.55. The molecule has 98 valence electrons. The number of amides is 1. The predicted octanol–water partition coefficient (Wildman–Crippen LogP) is 1.18. The van der Waals surface area contributed by atoms with Crippen molar-refractivity contribution in [2.75, 3.05) is 30.8 Å². The molecule has 1 rings (SSSR count). The molecule has 0 saturated carbocycles. The summed E-state index contributed by atoms with van der Waals surface area (Å²) in [7, 11) is 1.61. The van der Waals surface area contributed by atoms with E-state index in [1.54, 1.807) is 25.2 Å². The van der Waals surface area contributed by atoms with Crippen LogP contribution in [0.4, 0.5) is 17.1 Å². The second kappa shape index (κ2) is 6.43. The highest BCUT2D eigenvalue weighted by Crippen LogP contribution is 2.32. The molecule has 0 aliphatic rings. The van der Waals surface area contributed by atoms with Gasteiger partial charge in [-0.3, -0.25) is 14.9 Å². The van der Waals surface area contributed by atoms with Crippen molar-refractivity contribution >= 4 is 23.0 Å². The van der Waals surface area contributed by atoms with E-state index in [1.807, 2.05) is 6.92 Å². The average molecular weight is 252 g/mol. The fraction of sp³-hybridized carbons (Fsp3) is 0.364. The van der Waals surface area contributed by atoms with Crippen LogP contribution in [0.3, 0.4) is 0 Å². The molecule has 7 heteroatoms. The molecule has 1 aromatic carbocycles. The van der Waals surface area contributed by atoms with Gasteiger partial charge >= 0.3 is 5.69 Å². The lowest BCUT2D eigenvalue weighted by Gasteiger charge is -2.09. The molecule has 0 radical (unpaired) electrons. The topological polar surface area (TPSA) is 96.3 Å². The summed E-state index contributed by atoms with van der Waals surface area (Å²) in [6, 6.07) is 4.85. The lowest BCUT2D eigenvalue weighted by molar-refractivity contribution is -0.383. The van der Waals surface area contributed by atoms with E-state index in [0.29, 0.717) is 17.9 Å². The highest BCUT2D eigenvalue weighted by atomic mass is 16.6. The Kier molecular flexibility index (Phi) is 4.91. The van der Waals surface area contributed by atoms with Gasteiger partial charge in [-0.2, -0.15) is 0 Å². The molecule has 3 N–H and O–H groups in total. The summed E-state index contributed by atoms with van der Waals surface area (Å²) in [5, 5.41) is 19.1. The summed E-state index contributed by atoms with van der Waals surface area (Å²) in [5.41, 5.74) is 0.656. The quantitative estimate of drug-likeness (QED) is 0.522. The van der Waals surface area contributed by atoms with Crippen LogP contribution in [0, 0.1) is 10.1 Å². The van der Waals surface area contributed by atoms with Gasteiger partial charge in [-0.05, 0) is 19.1 Å². The number of carbonyl (C=O) groups excluding carboxylic acids is 1. The SMILES string of the molecule is CCNC(=O)CNc1cccc(NC)c1[N+](=O)[O-]. The summed E-state index contributed by atoms with van der Waals surface area (Å²) in [6.07, 6.45) is 0. The molecular weight excluding hydrogens is 236 g/mol. The minimum atomic E-state index is -0.480. The number of rotatable bonds is 6. The van der Waals surface area contributed by atoms with E-state index in [-0.39, 0.29) is 18.1 Å². The van der Waals surface area contributed by atoms with Crippen molar-refractivity contribution in [1.29, 1.82) is 0 Å². The number of nitro benzene ring substituents is 1. The molecule has 0 aliphatic heterocycles. The number of benzene rings is 1. The van der Waals surface area contributed by atoms with E-state index in [9.17, 15) is 14.9 Å². The van der Waals surface area contributed by atoms with E-state index < -0.39 is 4.92 Å². The number of nitro groups is 1. The molecular formula is C11H16N4O3. The molecule has 0 fully saturated rings. The third kappa shape index (κ3) is 3.34. The van der Waals surface area contributed by atoms with Crippen molar-refractivity contribution in [3.63, 3.8) is 0 Å². The number of anilines is 2. The van der Waals surface area contributed by atoms with Crippen LogP contribution in [0.25, 0.3) is 0 Å². The van der Waals surface area contributed by atoms with Gasteiger partial charge in [0.15, 0.2) is 0 Å². The number of hydrogen-bond acceptors (Lipinski definition) is 5. The van der Waals surface area contributed by atoms with E-state index in [1.165, 1.54) is 0 Å². The third-order valence-corrected chi connectivity index (χ3v) is 2.30.